The van der Waals surface area contributed by atoms with Crippen molar-refractivity contribution in [2.24, 2.45) is 17.8 Å². The van der Waals surface area contributed by atoms with Crippen molar-refractivity contribution in [3.63, 3.8) is 0 Å². The maximum atomic E-state index is 15.4. The molecule has 0 saturated carbocycles. The molecule has 0 saturated heterocycles. The summed E-state index contributed by atoms with van der Waals surface area (Å²) in [5.41, 5.74) is -1.67. The molecule has 16 nitrogen and oxygen atoms in total. The van der Waals surface area contributed by atoms with Crippen LogP contribution in [0.1, 0.15) is 66.9 Å². The van der Waals surface area contributed by atoms with Crippen molar-refractivity contribution in [3.8, 4) is 17.2 Å². The Kier molecular flexibility index (Phi) is 12.3. The fraction of sp³-hybridized carbons (Fsp3) is 0.447. The number of allylic oxidation sites excluding steroid dienone is 3. The van der Waals surface area contributed by atoms with Crippen molar-refractivity contribution in [1.82, 2.24) is 9.88 Å². The van der Waals surface area contributed by atoms with Crippen LogP contribution in [-0.4, -0.2) is 84.2 Å². The average Bonchev–Trinajstić information content (AvgIpc) is 3.48. The van der Waals surface area contributed by atoms with Gasteiger partial charge in [0.25, 0.3) is 5.91 Å². The summed E-state index contributed by atoms with van der Waals surface area (Å²) < 4.78 is 44.0. The average molecular weight is 868 g/mol. The predicted octanol–water partition coefficient (Wildman–Crippen LogP) is 5.89. The highest BCUT2D eigenvalue weighted by Crippen LogP contribution is 2.44. The van der Waals surface area contributed by atoms with Gasteiger partial charge in [0.05, 0.1) is 29.5 Å². The van der Waals surface area contributed by atoms with Crippen LogP contribution in [0.15, 0.2) is 62.3 Å². The van der Waals surface area contributed by atoms with Gasteiger partial charge >= 0.3 is 11.8 Å². The molecule has 1 aromatic heterocycles. The van der Waals surface area contributed by atoms with Crippen molar-refractivity contribution in [2.45, 2.75) is 92.3 Å². The number of ether oxygens (including phenoxy) is 6. The first-order valence-corrected chi connectivity index (χ1v) is 20.9. The third-order valence-electron chi connectivity index (χ3n) is 12.0. The molecule has 2 N–H and O–H groups in total. The zero-order valence-corrected chi connectivity index (χ0v) is 37.1. The first-order valence-electron chi connectivity index (χ1n) is 20.9. The van der Waals surface area contributed by atoms with Crippen molar-refractivity contribution in [1.29, 1.82) is 0 Å². The zero-order chi connectivity index (χ0) is 45.7. The van der Waals surface area contributed by atoms with E-state index < -0.39 is 58.5 Å². The molecule has 0 radical (unpaired) electrons. The Bertz CT molecular complexity index is 2810. The number of nitrogens with one attached hydrogen (secondary N) is 1. The van der Waals surface area contributed by atoms with E-state index in [1.54, 1.807) is 39.1 Å². The summed E-state index contributed by atoms with van der Waals surface area (Å²) in [6.45, 7) is 13.7. The fourth-order valence-electron chi connectivity index (χ4n) is 8.52. The topological polar surface area (TPSA) is 202 Å². The molecule has 4 aromatic rings. The second kappa shape index (κ2) is 17.4. The number of benzene rings is 3. The molecule has 16 heteroatoms. The first kappa shape index (κ1) is 44.6. The van der Waals surface area contributed by atoms with Gasteiger partial charge in [-0.25, -0.2) is 4.98 Å². The van der Waals surface area contributed by atoms with Crippen LogP contribution in [0.3, 0.4) is 0 Å². The number of nitrogens with zero attached hydrogens (tertiary/aromatic N) is 2. The number of amides is 2. The Hall–Kier alpha value is -6.42. The molecule has 3 aliphatic rings. The molecule has 3 aromatic carbocycles. The molecule has 7 atom stereocenters. The summed E-state index contributed by atoms with van der Waals surface area (Å²) in [5.74, 6) is -3.98. The van der Waals surface area contributed by atoms with E-state index in [-0.39, 0.29) is 103 Å². The number of carbonyl (C=O) groups is 3. The monoisotopic (exact) mass is 867 g/mol. The Morgan fingerprint density at radius 1 is 1.03 bits per heavy atom. The van der Waals surface area contributed by atoms with Crippen molar-refractivity contribution in [2.75, 3.05) is 32.6 Å². The van der Waals surface area contributed by atoms with Crippen LogP contribution in [0, 0.1) is 24.7 Å². The molecule has 7 rings (SSSR count). The summed E-state index contributed by atoms with van der Waals surface area (Å²) >= 11 is 0. The normalized spacial score (nSPS) is 26.8. The van der Waals surface area contributed by atoms with Crippen LogP contribution in [0.4, 0.5) is 5.69 Å². The van der Waals surface area contributed by atoms with E-state index in [1.165, 1.54) is 51.2 Å². The first-order chi connectivity index (χ1) is 29.8. The second-order valence-corrected chi connectivity index (χ2v) is 16.9. The molecule has 63 heavy (non-hydrogen) atoms. The van der Waals surface area contributed by atoms with E-state index in [2.05, 4.69) is 19.2 Å². The van der Waals surface area contributed by atoms with Crippen LogP contribution in [0.25, 0.3) is 38.7 Å². The highest BCUT2D eigenvalue weighted by molar-refractivity contribution is 6.17. The lowest BCUT2D eigenvalue weighted by molar-refractivity contribution is -0.159. The van der Waals surface area contributed by atoms with Gasteiger partial charge in [-0.3, -0.25) is 24.0 Å². The van der Waals surface area contributed by atoms with E-state index >= 15 is 4.79 Å². The number of aliphatic hydroxyl groups is 1. The van der Waals surface area contributed by atoms with Gasteiger partial charge in [-0.1, -0.05) is 39.0 Å². The van der Waals surface area contributed by atoms with Gasteiger partial charge in [0.1, 0.15) is 47.3 Å². The molecule has 6 bridgehead atoms. The van der Waals surface area contributed by atoms with Crippen LogP contribution in [0.5, 0.6) is 17.2 Å². The van der Waals surface area contributed by atoms with E-state index in [0.717, 1.165) is 0 Å². The molecule has 3 aliphatic heterocycles. The summed E-state index contributed by atoms with van der Waals surface area (Å²) in [6, 6.07) is 2.66. The highest BCUT2D eigenvalue weighted by atomic mass is 16.7. The minimum absolute atomic E-state index is 0.00162. The van der Waals surface area contributed by atoms with Crippen molar-refractivity contribution < 1.29 is 52.3 Å². The standard InChI is InChI=1S/C47H53N3O13/c1-22-12-11-13-24(3)46(56)49-39-40(54)35-34(38-44(39)61-32-21-29(20-30(53)37(32)48-38)58-17-15-50(9)27(6)51)36-43-26(5)42(35)62-33(19-23(2)18-22)41(60-28(7)52)25(4)31(57-10)14-16-59-47(8,63-43)45(36)55/h11-14,16,20-23,25,31,33,41,55H,15,17-19H2,1-10H3,(H,49,56)/b12-11+,16-14+,24-13-/t22?,23-,25-,31+,33?,41?,47+/m1/s1. The van der Waals surface area contributed by atoms with Gasteiger partial charge in [-0.2, -0.15) is 0 Å². The Morgan fingerprint density at radius 2 is 1.78 bits per heavy atom. The summed E-state index contributed by atoms with van der Waals surface area (Å²) in [5, 5.41) is 14.9. The third-order valence-corrected chi connectivity index (χ3v) is 12.0. The number of likely N-dealkylation sites (N-methyl/N-ethyl adjacent to an activating group) is 1. The van der Waals surface area contributed by atoms with Crippen molar-refractivity contribution >= 4 is 62.2 Å². The highest BCUT2D eigenvalue weighted by Gasteiger charge is 2.45. The van der Waals surface area contributed by atoms with Crippen LogP contribution in [0.2, 0.25) is 0 Å². The number of esters is 1. The lowest BCUT2D eigenvalue weighted by Gasteiger charge is -2.36. The number of methoxy groups -OCH3 is 1. The van der Waals surface area contributed by atoms with Gasteiger partial charge in [0.2, 0.25) is 16.8 Å². The van der Waals surface area contributed by atoms with Gasteiger partial charge in [0, 0.05) is 69.5 Å². The number of fused-ring (bicyclic) bond motifs is 8. The quantitative estimate of drug-likeness (QED) is 0.132. The molecule has 0 aliphatic carbocycles. The molecule has 3 unspecified atom stereocenters. The maximum absolute atomic E-state index is 15.4. The van der Waals surface area contributed by atoms with Crippen molar-refractivity contribution in [3.05, 3.63) is 79.5 Å². The van der Waals surface area contributed by atoms with Gasteiger partial charge in [-0.05, 0) is 44.6 Å². The lowest BCUT2D eigenvalue weighted by Crippen LogP contribution is -2.45. The van der Waals surface area contributed by atoms with Crippen LogP contribution < -0.4 is 35.6 Å². The molecule has 0 fully saturated rings. The van der Waals surface area contributed by atoms with Gasteiger partial charge in [-0.15, -0.1) is 0 Å². The minimum atomic E-state index is -1.86. The molecule has 0 spiro atoms. The molecule has 4 heterocycles. The van der Waals surface area contributed by atoms with Gasteiger partial charge in [0.15, 0.2) is 22.4 Å². The number of aromatic nitrogens is 1. The van der Waals surface area contributed by atoms with Crippen LogP contribution >= 0.6 is 0 Å². The molecule has 334 valence electrons. The number of hydrogen-bond donors (Lipinski definition) is 2. The Labute approximate surface area is 363 Å². The Morgan fingerprint density at radius 3 is 2.48 bits per heavy atom. The molecule has 2 amide bonds. The summed E-state index contributed by atoms with van der Waals surface area (Å²) in [4.78, 5) is 74.3. The predicted molar refractivity (Wildman–Crippen MR) is 235 cm³/mol. The largest absolute Gasteiger partial charge is 0.505 e. The number of hydrogen-bond acceptors (Lipinski definition) is 14. The SMILES string of the molecule is CO[C@H]1/C=C/O[C@@]2(C)Oc3c(C)c4c5c(=O)c(c6oc7cc(OCCN(C)C(C)=O)cc(=O)c7nc6c5c3=C2O)NC(=O)/C(C)=C\C=C\C(C)C[C@@H](C)CC(O4)C(OC(C)=O)[C@@H]1C. The second-order valence-electron chi connectivity index (χ2n) is 16.9. The van der Waals surface area contributed by atoms with Crippen LogP contribution in [-0.2, 0) is 28.6 Å². The van der Waals surface area contributed by atoms with Gasteiger partial charge < -0.3 is 48.2 Å². The number of rotatable bonds is 6. The third kappa shape index (κ3) is 8.43. The number of aliphatic hydroxyl groups excluding tert-OH is 1. The maximum Gasteiger partial charge on any atom is 0.307 e. The van der Waals surface area contributed by atoms with E-state index in [1.807, 2.05) is 13.0 Å². The smallest absolute Gasteiger partial charge is 0.307 e. The molecular weight excluding hydrogens is 815 g/mol. The Balaban J connectivity index is 1.62. The summed E-state index contributed by atoms with van der Waals surface area (Å²) in [6.07, 6.45) is 6.86. The van der Waals surface area contributed by atoms with E-state index in [0.29, 0.717) is 12.8 Å². The minimum Gasteiger partial charge on any atom is -0.505 e. The lowest BCUT2D eigenvalue weighted by atomic mass is 9.86. The zero-order valence-electron chi connectivity index (χ0n) is 37.1. The number of anilines is 1. The van der Waals surface area contributed by atoms with E-state index in [9.17, 15) is 24.3 Å². The fourth-order valence-corrected chi connectivity index (χ4v) is 8.52. The summed E-state index contributed by atoms with van der Waals surface area (Å²) in [7, 11) is 3.12. The number of carbonyl (C=O) groups excluding carboxylic acids is 3. The van der Waals surface area contributed by atoms with E-state index in [4.69, 9.17) is 37.8 Å². The molecular formula is C47H53N3O13.